The molecule has 2 rings (SSSR count). The quantitative estimate of drug-likeness (QED) is 0.744. The lowest BCUT2D eigenvalue weighted by molar-refractivity contribution is 0.120. The normalized spacial score (nSPS) is 18.1. The molecule has 0 bridgehead atoms. The van der Waals surface area contributed by atoms with Crippen LogP contribution in [0.4, 0.5) is 10.5 Å². The first-order chi connectivity index (χ1) is 9.54. The Morgan fingerprint density at radius 2 is 2.00 bits per heavy atom. The Kier molecular flexibility index (Phi) is 4.65. The van der Waals surface area contributed by atoms with Crippen LogP contribution in [-0.2, 0) is 0 Å². The predicted molar refractivity (Wildman–Crippen MR) is 82.6 cm³/mol. The summed E-state index contributed by atoms with van der Waals surface area (Å²) in [5.41, 5.74) is 7.58. The summed E-state index contributed by atoms with van der Waals surface area (Å²) < 4.78 is 0. The van der Waals surface area contributed by atoms with E-state index in [1.54, 1.807) is 0 Å². The molecule has 1 unspecified atom stereocenters. The zero-order valence-corrected chi connectivity index (χ0v) is 12.4. The third-order valence-electron chi connectivity index (χ3n) is 4.63. The number of hydrogen-bond acceptors (Lipinski definition) is 2. The van der Waals surface area contributed by atoms with E-state index in [2.05, 4.69) is 24.5 Å². The first-order valence-electron chi connectivity index (χ1n) is 7.44. The van der Waals surface area contributed by atoms with Crippen LogP contribution in [-0.4, -0.2) is 12.6 Å². The standard InChI is InChI=1S/C16H25N3O/c1-3-16(9-4-10-16)11-18-12(2)13-5-7-14(8-6-13)19-15(17)20/h5-8,12,18H,3-4,9-11H2,1-2H3,(H3,17,19,20). The molecular formula is C16H25N3O. The number of anilines is 1. The molecule has 0 heterocycles. The molecule has 0 radical (unpaired) electrons. The maximum atomic E-state index is 10.8. The fourth-order valence-corrected chi connectivity index (χ4v) is 2.82. The van der Waals surface area contributed by atoms with Crippen molar-refractivity contribution in [1.82, 2.24) is 5.32 Å². The van der Waals surface area contributed by atoms with Crippen LogP contribution in [0, 0.1) is 5.41 Å². The average Bonchev–Trinajstić information content (AvgIpc) is 2.38. The largest absolute Gasteiger partial charge is 0.351 e. The van der Waals surface area contributed by atoms with Gasteiger partial charge in [-0.25, -0.2) is 4.79 Å². The number of primary amides is 1. The zero-order chi connectivity index (χ0) is 14.6. The van der Waals surface area contributed by atoms with E-state index in [1.165, 1.54) is 31.2 Å². The number of rotatable bonds is 6. The van der Waals surface area contributed by atoms with E-state index in [0.717, 1.165) is 12.2 Å². The molecule has 2 amide bonds. The van der Waals surface area contributed by atoms with Gasteiger partial charge in [0.1, 0.15) is 0 Å². The van der Waals surface area contributed by atoms with Crippen LogP contribution < -0.4 is 16.4 Å². The van der Waals surface area contributed by atoms with Crippen molar-refractivity contribution in [3.05, 3.63) is 29.8 Å². The van der Waals surface area contributed by atoms with E-state index in [-0.39, 0.29) is 0 Å². The number of benzene rings is 1. The minimum atomic E-state index is -0.529. The molecular weight excluding hydrogens is 250 g/mol. The van der Waals surface area contributed by atoms with Gasteiger partial charge in [0.2, 0.25) is 0 Å². The monoisotopic (exact) mass is 275 g/mol. The molecule has 0 spiro atoms. The summed E-state index contributed by atoms with van der Waals surface area (Å²) in [5, 5.41) is 6.21. The zero-order valence-electron chi connectivity index (χ0n) is 12.4. The van der Waals surface area contributed by atoms with Gasteiger partial charge in [-0.2, -0.15) is 0 Å². The number of carbonyl (C=O) groups excluding carboxylic acids is 1. The maximum absolute atomic E-state index is 10.8. The lowest BCUT2D eigenvalue weighted by atomic mass is 9.67. The highest BCUT2D eigenvalue weighted by Gasteiger charge is 2.34. The Bertz CT molecular complexity index is 446. The third kappa shape index (κ3) is 3.51. The Hall–Kier alpha value is -1.55. The molecule has 20 heavy (non-hydrogen) atoms. The molecule has 4 heteroatoms. The fraction of sp³-hybridized carbons (Fsp3) is 0.562. The summed E-state index contributed by atoms with van der Waals surface area (Å²) in [6.07, 6.45) is 5.33. The molecule has 1 aromatic rings. The van der Waals surface area contributed by atoms with Gasteiger partial charge in [0.25, 0.3) is 0 Å². The van der Waals surface area contributed by atoms with Gasteiger partial charge in [0, 0.05) is 18.3 Å². The molecule has 4 nitrogen and oxygen atoms in total. The molecule has 1 aliphatic carbocycles. The van der Waals surface area contributed by atoms with Gasteiger partial charge in [-0.3, -0.25) is 0 Å². The van der Waals surface area contributed by atoms with Crippen molar-refractivity contribution in [3.8, 4) is 0 Å². The molecule has 0 saturated heterocycles. The topological polar surface area (TPSA) is 67.2 Å². The van der Waals surface area contributed by atoms with Gasteiger partial charge >= 0.3 is 6.03 Å². The summed E-state index contributed by atoms with van der Waals surface area (Å²) in [6, 6.07) is 7.62. The Labute approximate surface area is 121 Å². The predicted octanol–water partition coefficient (Wildman–Crippen LogP) is 3.41. The fourth-order valence-electron chi connectivity index (χ4n) is 2.82. The number of nitrogens with one attached hydrogen (secondary N) is 2. The molecule has 0 aliphatic heterocycles. The Morgan fingerprint density at radius 1 is 1.35 bits per heavy atom. The second kappa shape index (κ2) is 6.27. The van der Waals surface area contributed by atoms with Gasteiger partial charge in [-0.15, -0.1) is 0 Å². The molecule has 4 N–H and O–H groups in total. The van der Waals surface area contributed by atoms with Crippen molar-refractivity contribution in [2.75, 3.05) is 11.9 Å². The third-order valence-corrected chi connectivity index (χ3v) is 4.63. The second-order valence-electron chi connectivity index (χ2n) is 5.92. The van der Waals surface area contributed by atoms with E-state index in [4.69, 9.17) is 5.73 Å². The van der Waals surface area contributed by atoms with Crippen LogP contribution in [0.1, 0.15) is 51.1 Å². The van der Waals surface area contributed by atoms with Crippen molar-refractivity contribution in [2.45, 2.75) is 45.6 Å². The maximum Gasteiger partial charge on any atom is 0.316 e. The van der Waals surface area contributed by atoms with Crippen molar-refractivity contribution in [2.24, 2.45) is 11.1 Å². The summed E-state index contributed by atoms with van der Waals surface area (Å²) in [6.45, 7) is 5.56. The van der Waals surface area contributed by atoms with Crippen molar-refractivity contribution in [3.63, 3.8) is 0 Å². The highest BCUT2D eigenvalue weighted by atomic mass is 16.2. The van der Waals surface area contributed by atoms with Crippen molar-refractivity contribution >= 4 is 11.7 Å². The highest BCUT2D eigenvalue weighted by molar-refractivity contribution is 5.87. The second-order valence-corrected chi connectivity index (χ2v) is 5.92. The van der Waals surface area contributed by atoms with E-state index in [0.29, 0.717) is 11.5 Å². The molecule has 0 aromatic heterocycles. The van der Waals surface area contributed by atoms with E-state index >= 15 is 0 Å². The van der Waals surface area contributed by atoms with Crippen LogP contribution in [0.5, 0.6) is 0 Å². The SMILES string of the molecule is CCC1(CNC(C)c2ccc(NC(N)=O)cc2)CCC1. The summed E-state index contributed by atoms with van der Waals surface area (Å²) in [7, 11) is 0. The molecule has 1 atom stereocenters. The molecule has 110 valence electrons. The number of amides is 2. The minimum Gasteiger partial charge on any atom is -0.351 e. The number of nitrogens with two attached hydrogens (primary N) is 1. The number of hydrogen-bond donors (Lipinski definition) is 3. The van der Waals surface area contributed by atoms with E-state index in [9.17, 15) is 4.79 Å². The summed E-state index contributed by atoms with van der Waals surface area (Å²) in [5.74, 6) is 0. The van der Waals surface area contributed by atoms with Crippen LogP contribution in [0.2, 0.25) is 0 Å². The van der Waals surface area contributed by atoms with Gasteiger partial charge in [0.05, 0.1) is 0 Å². The van der Waals surface area contributed by atoms with Gasteiger partial charge in [0.15, 0.2) is 0 Å². The van der Waals surface area contributed by atoms with Crippen LogP contribution >= 0.6 is 0 Å². The van der Waals surface area contributed by atoms with Crippen LogP contribution in [0.3, 0.4) is 0 Å². The lowest BCUT2D eigenvalue weighted by Crippen LogP contribution is -2.40. The number of carbonyl (C=O) groups is 1. The molecule has 1 saturated carbocycles. The first kappa shape index (κ1) is 14.9. The van der Waals surface area contributed by atoms with Gasteiger partial charge in [-0.05, 0) is 49.3 Å². The first-order valence-corrected chi connectivity index (χ1v) is 7.44. The highest BCUT2D eigenvalue weighted by Crippen LogP contribution is 2.43. The van der Waals surface area contributed by atoms with Crippen LogP contribution in [0.25, 0.3) is 0 Å². The van der Waals surface area contributed by atoms with E-state index < -0.39 is 6.03 Å². The minimum absolute atomic E-state index is 0.321. The molecule has 1 aromatic carbocycles. The Balaban J connectivity index is 1.88. The number of urea groups is 1. The molecule has 1 fully saturated rings. The van der Waals surface area contributed by atoms with Crippen molar-refractivity contribution < 1.29 is 4.79 Å². The molecule has 1 aliphatic rings. The van der Waals surface area contributed by atoms with Gasteiger partial charge < -0.3 is 16.4 Å². The smallest absolute Gasteiger partial charge is 0.316 e. The Morgan fingerprint density at radius 3 is 2.45 bits per heavy atom. The lowest BCUT2D eigenvalue weighted by Gasteiger charge is -2.42. The van der Waals surface area contributed by atoms with Gasteiger partial charge in [-0.1, -0.05) is 25.5 Å². The summed E-state index contributed by atoms with van der Waals surface area (Å²) in [4.78, 5) is 10.8. The average molecular weight is 275 g/mol. The van der Waals surface area contributed by atoms with Crippen LogP contribution in [0.15, 0.2) is 24.3 Å². The summed E-state index contributed by atoms with van der Waals surface area (Å²) >= 11 is 0. The van der Waals surface area contributed by atoms with E-state index in [1.807, 2.05) is 24.3 Å². The van der Waals surface area contributed by atoms with Crippen molar-refractivity contribution in [1.29, 1.82) is 0 Å².